The Labute approximate surface area is 179 Å². The molecule has 0 aliphatic carbocycles. The van der Waals surface area contributed by atoms with Crippen LogP contribution < -0.4 is 24.3 Å². The van der Waals surface area contributed by atoms with Crippen molar-refractivity contribution in [1.82, 2.24) is 9.80 Å². The van der Waals surface area contributed by atoms with Crippen molar-refractivity contribution in [2.24, 2.45) is 0 Å². The average Bonchev–Trinajstić information content (AvgIpc) is 3.26. The Kier molecular flexibility index (Phi) is 5.25. The minimum absolute atomic E-state index is 0.0843. The second kappa shape index (κ2) is 8.35. The van der Waals surface area contributed by atoms with Crippen molar-refractivity contribution in [3.05, 3.63) is 42.5 Å². The van der Waals surface area contributed by atoms with E-state index in [1.54, 1.807) is 29.2 Å². The monoisotopic (exact) mass is 425 g/mol. The average molecular weight is 425 g/mol. The van der Waals surface area contributed by atoms with Crippen LogP contribution in [0.1, 0.15) is 0 Å². The van der Waals surface area contributed by atoms with Crippen LogP contribution in [0.4, 0.5) is 5.69 Å². The summed E-state index contributed by atoms with van der Waals surface area (Å²) in [6.07, 6.45) is -0.643. The summed E-state index contributed by atoms with van der Waals surface area (Å²) >= 11 is 0. The van der Waals surface area contributed by atoms with Gasteiger partial charge in [-0.3, -0.25) is 14.5 Å². The van der Waals surface area contributed by atoms with Crippen LogP contribution >= 0.6 is 0 Å². The Balaban J connectivity index is 1.10. The van der Waals surface area contributed by atoms with E-state index in [1.165, 1.54) is 0 Å². The molecule has 1 saturated heterocycles. The maximum Gasteiger partial charge on any atom is 0.267 e. The third-order valence-corrected chi connectivity index (χ3v) is 5.49. The molecule has 1 N–H and O–H groups in total. The molecule has 1 fully saturated rings. The maximum absolute atomic E-state index is 12.8. The fraction of sp³-hybridized carbons (Fsp3) is 0.364. The number of carbonyl (C=O) groups is 2. The van der Waals surface area contributed by atoms with E-state index in [0.717, 1.165) is 0 Å². The van der Waals surface area contributed by atoms with Gasteiger partial charge in [-0.25, -0.2) is 0 Å². The van der Waals surface area contributed by atoms with Crippen molar-refractivity contribution >= 4 is 17.5 Å². The SMILES string of the molecule is O=C(CN1CCN(C(=O)[C@H]2COc3ccccc3O2)CC1)Nc1ccc2c(c1)OCO2. The van der Waals surface area contributed by atoms with Gasteiger partial charge in [0.25, 0.3) is 5.91 Å². The van der Waals surface area contributed by atoms with E-state index < -0.39 is 6.10 Å². The van der Waals surface area contributed by atoms with E-state index >= 15 is 0 Å². The maximum atomic E-state index is 12.8. The van der Waals surface area contributed by atoms with Gasteiger partial charge in [-0.2, -0.15) is 0 Å². The molecule has 0 radical (unpaired) electrons. The summed E-state index contributed by atoms with van der Waals surface area (Å²) in [5.41, 5.74) is 0.665. The van der Waals surface area contributed by atoms with Crippen LogP contribution in [-0.2, 0) is 9.59 Å². The van der Waals surface area contributed by atoms with Crippen LogP contribution in [0.3, 0.4) is 0 Å². The molecule has 5 rings (SSSR count). The molecule has 3 aliphatic heterocycles. The normalized spacial score (nSPS) is 19.7. The zero-order valence-corrected chi connectivity index (χ0v) is 16.9. The smallest absolute Gasteiger partial charge is 0.267 e. The molecule has 9 heteroatoms. The number of benzene rings is 2. The van der Waals surface area contributed by atoms with Crippen LogP contribution in [0.15, 0.2) is 42.5 Å². The fourth-order valence-electron chi connectivity index (χ4n) is 3.85. The summed E-state index contributed by atoms with van der Waals surface area (Å²) < 4.78 is 22.1. The van der Waals surface area contributed by atoms with Crippen LogP contribution in [0.5, 0.6) is 23.0 Å². The Bertz CT molecular complexity index is 989. The van der Waals surface area contributed by atoms with Gasteiger partial charge in [0.15, 0.2) is 23.0 Å². The molecule has 1 atom stereocenters. The van der Waals surface area contributed by atoms with Crippen LogP contribution in [0.2, 0.25) is 0 Å². The zero-order chi connectivity index (χ0) is 21.2. The molecule has 0 bridgehead atoms. The molecule has 0 saturated carbocycles. The highest BCUT2D eigenvalue weighted by Crippen LogP contribution is 2.34. The van der Waals surface area contributed by atoms with Crippen molar-refractivity contribution in [1.29, 1.82) is 0 Å². The lowest BCUT2D eigenvalue weighted by atomic mass is 10.2. The van der Waals surface area contributed by atoms with Crippen molar-refractivity contribution in [3.63, 3.8) is 0 Å². The number of nitrogens with one attached hydrogen (secondary N) is 1. The molecule has 0 aromatic heterocycles. The number of para-hydroxylation sites is 2. The van der Waals surface area contributed by atoms with Gasteiger partial charge in [0.05, 0.1) is 6.54 Å². The second-order valence-corrected chi connectivity index (χ2v) is 7.58. The second-order valence-electron chi connectivity index (χ2n) is 7.58. The topological polar surface area (TPSA) is 89.6 Å². The summed E-state index contributed by atoms with van der Waals surface area (Å²) in [6, 6.07) is 12.6. The molecule has 0 spiro atoms. The van der Waals surface area contributed by atoms with E-state index in [-0.39, 0.29) is 31.8 Å². The minimum Gasteiger partial charge on any atom is -0.485 e. The lowest BCUT2D eigenvalue weighted by Gasteiger charge is -2.36. The van der Waals surface area contributed by atoms with Crippen LogP contribution in [0.25, 0.3) is 0 Å². The number of carbonyl (C=O) groups excluding carboxylic acids is 2. The first kappa shape index (κ1) is 19.5. The van der Waals surface area contributed by atoms with Crippen LogP contribution in [0, 0.1) is 0 Å². The molecule has 2 aromatic rings. The molecular formula is C22H23N3O6. The van der Waals surface area contributed by atoms with E-state index in [1.807, 2.05) is 23.1 Å². The Hall–Kier alpha value is -3.46. The van der Waals surface area contributed by atoms with Crippen molar-refractivity contribution < 1.29 is 28.5 Å². The molecule has 2 aromatic carbocycles. The minimum atomic E-state index is -0.643. The molecule has 31 heavy (non-hydrogen) atoms. The predicted molar refractivity (Wildman–Crippen MR) is 111 cm³/mol. The van der Waals surface area contributed by atoms with Gasteiger partial charge in [0.1, 0.15) is 6.61 Å². The third kappa shape index (κ3) is 4.22. The number of piperazine rings is 1. The number of ether oxygens (including phenoxy) is 4. The number of hydrogen-bond donors (Lipinski definition) is 1. The molecule has 3 heterocycles. The summed E-state index contributed by atoms with van der Waals surface area (Å²) in [5, 5.41) is 2.88. The zero-order valence-electron chi connectivity index (χ0n) is 16.9. The van der Waals surface area contributed by atoms with E-state index in [9.17, 15) is 9.59 Å². The number of fused-ring (bicyclic) bond motifs is 2. The summed E-state index contributed by atoms with van der Waals surface area (Å²) in [7, 11) is 0. The molecule has 0 unspecified atom stereocenters. The summed E-state index contributed by atoms with van der Waals surface area (Å²) in [5.74, 6) is 2.35. The first-order valence-electron chi connectivity index (χ1n) is 10.2. The van der Waals surface area contributed by atoms with Crippen molar-refractivity contribution in [2.75, 3.05) is 51.4 Å². The lowest BCUT2D eigenvalue weighted by Crippen LogP contribution is -2.54. The highest BCUT2D eigenvalue weighted by molar-refractivity contribution is 5.92. The molecule has 2 amide bonds. The van der Waals surface area contributed by atoms with E-state index in [2.05, 4.69) is 5.32 Å². The van der Waals surface area contributed by atoms with E-state index in [0.29, 0.717) is 54.9 Å². The number of rotatable bonds is 4. The van der Waals surface area contributed by atoms with Gasteiger partial charge >= 0.3 is 0 Å². The van der Waals surface area contributed by atoms with Gasteiger partial charge in [-0.15, -0.1) is 0 Å². The van der Waals surface area contributed by atoms with Crippen LogP contribution in [-0.4, -0.2) is 73.8 Å². The first-order chi connectivity index (χ1) is 15.2. The highest BCUT2D eigenvalue weighted by Gasteiger charge is 2.33. The quantitative estimate of drug-likeness (QED) is 0.791. The number of nitrogens with zero attached hydrogens (tertiary/aromatic N) is 2. The third-order valence-electron chi connectivity index (χ3n) is 5.49. The number of amides is 2. The Morgan fingerprint density at radius 2 is 1.65 bits per heavy atom. The molecule has 9 nitrogen and oxygen atoms in total. The Morgan fingerprint density at radius 1 is 0.903 bits per heavy atom. The Morgan fingerprint density at radius 3 is 2.48 bits per heavy atom. The standard InChI is InChI=1S/C22H23N3O6/c26-21(23-15-5-6-17-19(11-15)30-14-29-17)12-24-7-9-25(10-8-24)22(27)20-13-28-16-3-1-2-4-18(16)31-20/h1-6,11,20H,7-10,12-14H2,(H,23,26)/t20-/m1/s1. The summed E-state index contributed by atoms with van der Waals surface area (Å²) in [4.78, 5) is 29.0. The van der Waals surface area contributed by atoms with Gasteiger partial charge in [-0.1, -0.05) is 12.1 Å². The lowest BCUT2D eigenvalue weighted by molar-refractivity contribution is -0.143. The van der Waals surface area contributed by atoms with Crippen molar-refractivity contribution in [3.8, 4) is 23.0 Å². The number of hydrogen-bond acceptors (Lipinski definition) is 7. The summed E-state index contributed by atoms with van der Waals surface area (Å²) in [6.45, 7) is 2.96. The van der Waals surface area contributed by atoms with Gasteiger partial charge in [0, 0.05) is 37.9 Å². The predicted octanol–water partition coefficient (Wildman–Crippen LogP) is 1.34. The van der Waals surface area contributed by atoms with Gasteiger partial charge in [-0.05, 0) is 24.3 Å². The first-order valence-corrected chi connectivity index (χ1v) is 10.2. The molecule has 3 aliphatic rings. The molecular weight excluding hydrogens is 402 g/mol. The molecule has 162 valence electrons. The van der Waals surface area contributed by atoms with Crippen molar-refractivity contribution in [2.45, 2.75) is 6.10 Å². The largest absolute Gasteiger partial charge is 0.485 e. The van der Waals surface area contributed by atoms with Gasteiger partial charge < -0.3 is 29.2 Å². The van der Waals surface area contributed by atoms with E-state index in [4.69, 9.17) is 18.9 Å². The number of anilines is 1. The highest BCUT2D eigenvalue weighted by atomic mass is 16.7. The fourth-order valence-corrected chi connectivity index (χ4v) is 3.85. The van der Waals surface area contributed by atoms with Gasteiger partial charge in [0.2, 0.25) is 18.8 Å².